The molecule has 0 radical (unpaired) electrons. The minimum absolute atomic E-state index is 0.112. The molecule has 0 fully saturated rings. The van der Waals surface area contributed by atoms with Gasteiger partial charge in [0, 0.05) is 23.2 Å². The Bertz CT molecular complexity index is 477. The number of hydrogen-bond acceptors (Lipinski definition) is 4. The minimum atomic E-state index is -1.03. The lowest BCUT2D eigenvalue weighted by Gasteiger charge is -2.16. The second kappa shape index (κ2) is 8.76. The number of benzene rings is 1. The van der Waals surface area contributed by atoms with Crippen LogP contribution in [0.1, 0.15) is 6.42 Å². The van der Waals surface area contributed by atoms with Crippen molar-refractivity contribution in [2.45, 2.75) is 12.5 Å². The van der Waals surface area contributed by atoms with E-state index in [0.29, 0.717) is 18.8 Å². The number of aliphatic carboxylic acids is 1. The highest BCUT2D eigenvalue weighted by atomic mass is 79.9. The summed E-state index contributed by atoms with van der Waals surface area (Å²) in [5.41, 5.74) is 0.639. The summed E-state index contributed by atoms with van der Waals surface area (Å²) in [6.45, 7) is 1.22. The number of carboxylic acids is 1. The molecule has 0 bridgehead atoms. The first-order chi connectivity index (χ1) is 9.88. The molecular formula is C14H20BrN3O3. The van der Waals surface area contributed by atoms with Gasteiger partial charge in [0.15, 0.2) is 0 Å². The SMILES string of the molecule is CN(C)CCNC(CC(=O)Nc1ccc(Br)cc1)C(=O)O. The Balaban J connectivity index is 2.48. The second-order valence-electron chi connectivity index (χ2n) is 4.91. The lowest BCUT2D eigenvalue weighted by atomic mass is 10.2. The smallest absolute Gasteiger partial charge is 0.321 e. The first-order valence-corrected chi connectivity index (χ1v) is 7.34. The van der Waals surface area contributed by atoms with E-state index in [2.05, 4.69) is 26.6 Å². The minimum Gasteiger partial charge on any atom is -0.480 e. The molecule has 1 unspecified atom stereocenters. The van der Waals surface area contributed by atoms with Gasteiger partial charge in [-0.05, 0) is 38.4 Å². The lowest BCUT2D eigenvalue weighted by molar-refractivity contribution is -0.141. The van der Waals surface area contributed by atoms with Gasteiger partial charge in [0.05, 0.1) is 6.42 Å². The van der Waals surface area contributed by atoms with Gasteiger partial charge >= 0.3 is 5.97 Å². The van der Waals surface area contributed by atoms with E-state index in [1.54, 1.807) is 24.3 Å². The Morgan fingerprint density at radius 3 is 2.43 bits per heavy atom. The van der Waals surface area contributed by atoms with Crippen LogP contribution in [0.15, 0.2) is 28.7 Å². The molecule has 0 aliphatic heterocycles. The van der Waals surface area contributed by atoms with Crippen LogP contribution in [0.2, 0.25) is 0 Å². The summed E-state index contributed by atoms with van der Waals surface area (Å²) < 4.78 is 0.911. The summed E-state index contributed by atoms with van der Waals surface area (Å²) in [6.07, 6.45) is -0.112. The third-order valence-corrected chi connectivity index (χ3v) is 3.29. The van der Waals surface area contributed by atoms with Crippen LogP contribution in [0, 0.1) is 0 Å². The number of likely N-dealkylation sites (N-methyl/N-ethyl adjacent to an activating group) is 1. The number of carbonyl (C=O) groups excluding carboxylic acids is 1. The standard InChI is InChI=1S/C14H20BrN3O3/c1-18(2)8-7-16-12(14(20)21)9-13(19)17-11-5-3-10(15)4-6-11/h3-6,12,16H,7-9H2,1-2H3,(H,17,19)(H,20,21). The van der Waals surface area contributed by atoms with E-state index in [1.807, 2.05) is 19.0 Å². The molecule has 1 aromatic rings. The van der Waals surface area contributed by atoms with Gasteiger partial charge < -0.3 is 20.6 Å². The van der Waals surface area contributed by atoms with Gasteiger partial charge in [-0.25, -0.2) is 0 Å². The summed E-state index contributed by atoms with van der Waals surface area (Å²) in [5, 5.41) is 14.7. The quantitative estimate of drug-likeness (QED) is 0.654. The van der Waals surface area contributed by atoms with E-state index in [4.69, 9.17) is 5.11 Å². The Kier molecular flexibility index (Phi) is 7.35. The molecule has 3 N–H and O–H groups in total. The Morgan fingerprint density at radius 2 is 1.90 bits per heavy atom. The molecule has 116 valence electrons. The molecule has 0 aromatic heterocycles. The van der Waals surface area contributed by atoms with Crippen LogP contribution in [0.5, 0.6) is 0 Å². The molecule has 0 heterocycles. The van der Waals surface area contributed by atoms with Gasteiger partial charge in [-0.2, -0.15) is 0 Å². The zero-order valence-corrected chi connectivity index (χ0v) is 13.7. The number of rotatable bonds is 8. The predicted octanol–water partition coefficient (Wildman–Crippen LogP) is 1.38. The van der Waals surface area contributed by atoms with Crippen molar-refractivity contribution >= 4 is 33.5 Å². The number of nitrogens with one attached hydrogen (secondary N) is 2. The van der Waals surface area contributed by atoms with Crippen molar-refractivity contribution in [2.75, 3.05) is 32.5 Å². The maximum Gasteiger partial charge on any atom is 0.321 e. The summed E-state index contributed by atoms with van der Waals surface area (Å²) in [5.74, 6) is -1.36. The zero-order valence-electron chi connectivity index (χ0n) is 12.1. The van der Waals surface area contributed by atoms with E-state index >= 15 is 0 Å². The first-order valence-electron chi connectivity index (χ1n) is 6.55. The third-order valence-electron chi connectivity index (χ3n) is 2.77. The molecule has 0 saturated carbocycles. The molecular weight excluding hydrogens is 338 g/mol. The van der Waals surface area contributed by atoms with Gasteiger partial charge in [-0.3, -0.25) is 9.59 Å². The van der Waals surface area contributed by atoms with Crippen LogP contribution >= 0.6 is 15.9 Å². The molecule has 0 spiro atoms. The fourth-order valence-corrected chi connectivity index (χ4v) is 1.90. The normalized spacial score (nSPS) is 12.2. The molecule has 0 saturated heterocycles. The molecule has 6 nitrogen and oxygen atoms in total. The van der Waals surface area contributed by atoms with Crippen LogP contribution in [-0.4, -0.2) is 55.1 Å². The van der Waals surface area contributed by atoms with Gasteiger partial charge in [0.25, 0.3) is 0 Å². The molecule has 1 atom stereocenters. The molecule has 0 aliphatic rings. The van der Waals surface area contributed by atoms with Crippen LogP contribution in [0.4, 0.5) is 5.69 Å². The average Bonchev–Trinajstić information content (AvgIpc) is 2.39. The van der Waals surface area contributed by atoms with E-state index in [0.717, 1.165) is 4.47 Å². The third kappa shape index (κ3) is 7.22. The lowest BCUT2D eigenvalue weighted by Crippen LogP contribution is -2.42. The molecule has 0 aliphatic carbocycles. The maximum atomic E-state index is 11.9. The van der Waals surface area contributed by atoms with E-state index in [-0.39, 0.29) is 12.3 Å². The van der Waals surface area contributed by atoms with E-state index < -0.39 is 12.0 Å². The molecule has 21 heavy (non-hydrogen) atoms. The van der Waals surface area contributed by atoms with Crippen molar-refractivity contribution in [1.82, 2.24) is 10.2 Å². The van der Waals surface area contributed by atoms with Crippen molar-refractivity contribution in [3.05, 3.63) is 28.7 Å². The highest BCUT2D eigenvalue weighted by Crippen LogP contribution is 2.14. The second-order valence-corrected chi connectivity index (χ2v) is 5.82. The van der Waals surface area contributed by atoms with Crippen molar-refractivity contribution in [3.63, 3.8) is 0 Å². The zero-order chi connectivity index (χ0) is 15.8. The van der Waals surface area contributed by atoms with Crippen molar-refractivity contribution in [3.8, 4) is 0 Å². The number of carbonyl (C=O) groups is 2. The number of amides is 1. The summed E-state index contributed by atoms with van der Waals surface area (Å²) in [7, 11) is 3.80. The molecule has 7 heteroatoms. The van der Waals surface area contributed by atoms with Crippen molar-refractivity contribution in [1.29, 1.82) is 0 Å². The monoisotopic (exact) mass is 357 g/mol. The molecule has 1 rings (SSSR count). The Labute approximate surface area is 132 Å². The van der Waals surface area contributed by atoms with Gasteiger partial charge in [-0.15, -0.1) is 0 Å². The fraction of sp³-hybridized carbons (Fsp3) is 0.429. The van der Waals surface area contributed by atoms with Gasteiger partial charge in [-0.1, -0.05) is 15.9 Å². The van der Waals surface area contributed by atoms with Crippen molar-refractivity contribution < 1.29 is 14.7 Å². The van der Waals surface area contributed by atoms with Crippen LogP contribution < -0.4 is 10.6 Å². The van der Waals surface area contributed by atoms with Crippen LogP contribution in [-0.2, 0) is 9.59 Å². The highest BCUT2D eigenvalue weighted by Gasteiger charge is 2.20. The molecule has 1 amide bonds. The predicted molar refractivity (Wildman–Crippen MR) is 85.4 cm³/mol. The average molecular weight is 358 g/mol. The van der Waals surface area contributed by atoms with E-state index in [1.165, 1.54) is 0 Å². The topological polar surface area (TPSA) is 81.7 Å². The van der Waals surface area contributed by atoms with Crippen LogP contribution in [0.3, 0.4) is 0 Å². The summed E-state index contributed by atoms with van der Waals surface area (Å²) in [4.78, 5) is 25.0. The first kappa shape index (κ1) is 17.6. The summed E-state index contributed by atoms with van der Waals surface area (Å²) >= 11 is 3.31. The maximum absolute atomic E-state index is 11.9. The van der Waals surface area contributed by atoms with E-state index in [9.17, 15) is 9.59 Å². The number of anilines is 1. The van der Waals surface area contributed by atoms with Gasteiger partial charge in [0.2, 0.25) is 5.91 Å². The fourth-order valence-electron chi connectivity index (χ4n) is 1.64. The number of hydrogen-bond donors (Lipinski definition) is 3. The Hall–Kier alpha value is -1.44. The van der Waals surface area contributed by atoms with Crippen LogP contribution in [0.25, 0.3) is 0 Å². The largest absolute Gasteiger partial charge is 0.480 e. The highest BCUT2D eigenvalue weighted by molar-refractivity contribution is 9.10. The number of halogens is 1. The number of carboxylic acid groups (broad SMARTS) is 1. The number of nitrogens with zero attached hydrogens (tertiary/aromatic N) is 1. The molecule has 1 aromatic carbocycles. The van der Waals surface area contributed by atoms with Crippen molar-refractivity contribution in [2.24, 2.45) is 0 Å². The van der Waals surface area contributed by atoms with Gasteiger partial charge in [0.1, 0.15) is 6.04 Å². The Morgan fingerprint density at radius 1 is 1.29 bits per heavy atom. The summed E-state index contributed by atoms with van der Waals surface area (Å²) in [6, 6.07) is 6.22.